The first-order chi connectivity index (χ1) is 12.2. The zero-order valence-electron chi connectivity index (χ0n) is 13.8. The van der Waals surface area contributed by atoms with Gasteiger partial charge in [-0.05, 0) is 35.9 Å². The second kappa shape index (κ2) is 7.90. The highest BCUT2D eigenvalue weighted by atomic mass is 35.5. The van der Waals surface area contributed by atoms with Gasteiger partial charge in [0, 0.05) is 28.6 Å². The van der Waals surface area contributed by atoms with Crippen LogP contribution in [-0.2, 0) is 4.74 Å². The molecule has 0 saturated heterocycles. The van der Waals surface area contributed by atoms with Crippen molar-refractivity contribution >= 4 is 23.1 Å². The summed E-state index contributed by atoms with van der Waals surface area (Å²) >= 11 is 6.28. The number of rotatable bonds is 4. The summed E-state index contributed by atoms with van der Waals surface area (Å²) in [5.41, 5.74) is 2.36. The van der Waals surface area contributed by atoms with Crippen molar-refractivity contribution in [3.63, 3.8) is 0 Å². The average molecular weight is 356 g/mol. The van der Waals surface area contributed by atoms with Crippen LogP contribution >= 0.6 is 11.6 Å². The lowest BCUT2D eigenvalue weighted by Crippen LogP contribution is -2.24. The van der Waals surface area contributed by atoms with E-state index in [2.05, 4.69) is 5.32 Å². The SMILES string of the molecule is COc1ccc(C(=O)NC2=CC(c3ccccc3Cl)=CCCO2)cc1. The number of carbonyl (C=O) groups excluding carboxylic acids is 1. The van der Waals surface area contributed by atoms with Crippen molar-refractivity contribution in [3.8, 4) is 5.75 Å². The molecule has 128 valence electrons. The number of amides is 1. The standard InChI is InChI=1S/C20H18ClNO3/c1-24-16-10-8-14(9-11-16)20(23)22-19-13-15(5-4-12-25-19)17-6-2-3-7-18(17)21/h2-3,5-11,13H,4,12H2,1H3,(H,22,23). The number of nitrogens with one attached hydrogen (secondary N) is 1. The Hall–Kier alpha value is -2.72. The first-order valence-corrected chi connectivity index (χ1v) is 8.30. The van der Waals surface area contributed by atoms with Gasteiger partial charge in [-0.25, -0.2) is 0 Å². The molecule has 2 aromatic carbocycles. The van der Waals surface area contributed by atoms with E-state index >= 15 is 0 Å². The van der Waals surface area contributed by atoms with Gasteiger partial charge in [-0.15, -0.1) is 0 Å². The normalized spacial score (nSPS) is 13.8. The van der Waals surface area contributed by atoms with E-state index in [0.717, 1.165) is 17.6 Å². The lowest BCUT2D eigenvalue weighted by Gasteiger charge is -2.11. The number of ether oxygens (including phenoxy) is 2. The van der Waals surface area contributed by atoms with Crippen molar-refractivity contribution in [1.82, 2.24) is 5.32 Å². The van der Waals surface area contributed by atoms with Crippen LogP contribution < -0.4 is 10.1 Å². The Balaban J connectivity index is 1.80. The third-order valence-corrected chi connectivity index (χ3v) is 4.13. The van der Waals surface area contributed by atoms with Crippen molar-refractivity contribution in [1.29, 1.82) is 0 Å². The van der Waals surface area contributed by atoms with Crippen LogP contribution in [0.3, 0.4) is 0 Å². The van der Waals surface area contributed by atoms with Gasteiger partial charge in [0.15, 0.2) is 5.88 Å². The molecule has 0 radical (unpaired) electrons. The second-order valence-electron chi connectivity index (χ2n) is 5.47. The van der Waals surface area contributed by atoms with Crippen molar-refractivity contribution in [3.05, 3.63) is 82.7 Å². The zero-order chi connectivity index (χ0) is 17.6. The largest absolute Gasteiger partial charge is 0.497 e. The fraction of sp³-hybridized carbons (Fsp3) is 0.150. The van der Waals surface area contributed by atoms with Crippen LogP contribution in [0.15, 0.2) is 66.6 Å². The quantitative estimate of drug-likeness (QED) is 0.882. The number of hydrogen-bond acceptors (Lipinski definition) is 3. The average Bonchev–Trinajstić information content (AvgIpc) is 2.87. The van der Waals surface area contributed by atoms with Gasteiger partial charge in [0.1, 0.15) is 5.75 Å². The second-order valence-corrected chi connectivity index (χ2v) is 5.87. The number of halogens is 1. The predicted molar refractivity (Wildman–Crippen MR) is 98.5 cm³/mol. The molecule has 1 aliphatic heterocycles. The first kappa shape index (κ1) is 17.1. The number of benzene rings is 2. The smallest absolute Gasteiger partial charge is 0.257 e. The molecule has 0 spiro atoms. The maximum Gasteiger partial charge on any atom is 0.257 e. The van der Waals surface area contributed by atoms with Crippen LogP contribution in [0.2, 0.25) is 5.02 Å². The summed E-state index contributed by atoms with van der Waals surface area (Å²) in [6, 6.07) is 14.5. The minimum atomic E-state index is -0.241. The zero-order valence-corrected chi connectivity index (χ0v) is 14.5. The molecule has 2 aromatic rings. The van der Waals surface area contributed by atoms with E-state index in [-0.39, 0.29) is 5.91 Å². The lowest BCUT2D eigenvalue weighted by molar-refractivity contribution is 0.0921. The molecule has 1 aliphatic rings. The number of hydrogen-bond donors (Lipinski definition) is 1. The summed E-state index contributed by atoms with van der Waals surface area (Å²) in [6.45, 7) is 0.489. The van der Waals surface area contributed by atoms with Crippen LogP contribution in [0.5, 0.6) is 5.75 Å². The molecule has 3 rings (SSSR count). The number of allylic oxidation sites excluding steroid dienone is 2. The van der Waals surface area contributed by atoms with Gasteiger partial charge in [0.25, 0.3) is 5.91 Å². The minimum Gasteiger partial charge on any atom is -0.497 e. The molecule has 0 aromatic heterocycles. The van der Waals surface area contributed by atoms with E-state index in [1.54, 1.807) is 37.5 Å². The number of methoxy groups -OCH3 is 1. The van der Waals surface area contributed by atoms with Crippen LogP contribution in [0.1, 0.15) is 22.3 Å². The van der Waals surface area contributed by atoms with E-state index in [1.807, 2.05) is 30.3 Å². The fourth-order valence-electron chi connectivity index (χ4n) is 2.51. The number of carbonyl (C=O) groups is 1. The van der Waals surface area contributed by atoms with Gasteiger partial charge in [-0.2, -0.15) is 0 Å². The molecule has 0 saturated carbocycles. The monoisotopic (exact) mass is 355 g/mol. The molecule has 1 N–H and O–H groups in total. The Labute approximate surface area is 151 Å². The van der Waals surface area contributed by atoms with Crippen molar-refractivity contribution in [2.45, 2.75) is 6.42 Å². The molecule has 1 heterocycles. The Morgan fingerprint density at radius 3 is 2.64 bits per heavy atom. The van der Waals surface area contributed by atoms with E-state index in [4.69, 9.17) is 21.1 Å². The molecule has 1 amide bonds. The minimum absolute atomic E-state index is 0.241. The van der Waals surface area contributed by atoms with Gasteiger partial charge in [0.2, 0.25) is 0 Å². The van der Waals surface area contributed by atoms with E-state index in [0.29, 0.717) is 28.8 Å². The molecule has 0 atom stereocenters. The lowest BCUT2D eigenvalue weighted by atomic mass is 10.0. The van der Waals surface area contributed by atoms with Crippen LogP contribution in [0.4, 0.5) is 0 Å². The van der Waals surface area contributed by atoms with Gasteiger partial charge in [-0.1, -0.05) is 35.9 Å². The summed E-state index contributed by atoms with van der Waals surface area (Å²) in [5.74, 6) is 0.865. The third kappa shape index (κ3) is 4.22. The maximum absolute atomic E-state index is 12.4. The highest BCUT2D eigenvalue weighted by Gasteiger charge is 2.13. The molecule has 4 nitrogen and oxygen atoms in total. The van der Waals surface area contributed by atoms with Crippen molar-refractivity contribution in [2.75, 3.05) is 13.7 Å². The summed E-state index contributed by atoms with van der Waals surface area (Å²) in [7, 11) is 1.59. The summed E-state index contributed by atoms with van der Waals surface area (Å²) in [6.07, 6.45) is 4.59. The van der Waals surface area contributed by atoms with E-state index in [9.17, 15) is 4.79 Å². The predicted octanol–water partition coefficient (Wildman–Crippen LogP) is 4.42. The molecule has 5 heteroatoms. The van der Waals surface area contributed by atoms with Crippen molar-refractivity contribution in [2.24, 2.45) is 0 Å². The van der Waals surface area contributed by atoms with E-state index in [1.165, 1.54) is 0 Å². The van der Waals surface area contributed by atoms with E-state index < -0.39 is 0 Å². The molecule has 0 aliphatic carbocycles. The van der Waals surface area contributed by atoms with Crippen LogP contribution in [-0.4, -0.2) is 19.6 Å². The third-order valence-electron chi connectivity index (χ3n) is 3.80. The van der Waals surface area contributed by atoms with Gasteiger partial charge >= 0.3 is 0 Å². The molecular formula is C20H18ClNO3. The van der Waals surface area contributed by atoms with Gasteiger partial charge in [0.05, 0.1) is 13.7 Å². The Morgan fingerprint density at radius 1 is 1.16 bits per heavy atom. The summed E-state index contributed by atoms with van der Waals surface area (Å²) in [4.78, 5) is 12.4. The molecule has 0 fully saturated rings. The van der Waals surface area contributed by atoms with Crippen molar-refractivity contribution < 1.29 is 14.3 Å². The highest BCUT2D eigenvalue weighted by Crippen LogP contribution is 2.27. The topological polar surface area (TPSA) is 47.6 Å². The Bertz CT molecular complexity index is 825. The highest BCUT2D eigenvalue weighted by molar-refractivity contribution is 6.32. The molecule has 25 heavy (non-hydrogen) atoms. The van der Waals surface area contributed by atoms with Crippen LogP contribution in [0.25, 0.3) is 5.57 Å². The summed E-state index contributed by atoms with van der Waals surface area (Å²) < 4.78 is 10.7. The molecule has 0 unspecified atom stereocenters. The van der Waals surface area contributed by atoms with Gasteiger partial charge < -0.3 is 9.47 Å². The fourth-order valence-corrected chi connectivity index (χ4v) is 2.75. The Kier molecular flexibility index (Phi) is 5.41. The summed E-state index contributed by atoms with van der Waals surface area (Å²) in [5, 5.41) is 3.47. The Morgan fingerprint density at radius 2 is 1.92 bits per heavy atom. The van der Waals surface area contributed by atoms with Gasteiger partial charge in [-0.3, -0.25) is 10.1 Å². The van der Waals surface area contributed by atoms with Crippen LogP contribution in [0, 0.1) is 0 Å². The first-order valence-electron chi connectivity index (χ1n) is 7.92. The molecule has 0 bridgehead atoms. The molecular weight excluding hydrogens is 338 g/mol. The maximum atomic E-state index is 12.4.